The summed E-state index contributed by atoms with van der Waals surface area (Å²) in [5, 5.41) is 5.49. The van der Waals surface area contributed by atoms with E-state index < -0.39 is 0 Å². The maximum absolute atomic E-state index is 3.25. The number of hydrogen-bond donors (Lipinski definition) is 1. The molecule has 1 N–H and O–H groups in total. The normalized spacial score (nSPS) is 18.7. The van der Waals surface area contributed by atoms with Crippen molar-refractivity contribution in [2.45, 2.75) is 32.4 Å². The van der Waals surface area contributed by atoms with Gasteiger partial charge in [-0.1, -0.05) is 24.3 Å². The van der Waals surface area contributed by atoms with E-state index in [0.717, 1.165) is 19.5 Å². The van der Waals surface area contributed by atoms with Crippen LogP contribution in [-0.4, -0.2) is 25.0 Å². The molecule has 0 bridgehead atoms. The monoisotopic (exact) mass is 300 g/mol. The number of nitrogens with one attached hydrogen (secondary N) is 1. The van der Waals surface area contributed by atoms with Crippen LogP contribution in [0.3, 0.4) is 0 Å². The van der Waals surface area contributed by atoms with Crippen molar-refractivity contribution >= 4 is 11.3 Å². The van der Waals surface area contributed by atoms with Gasteiger partial charge in [0.2, 0.25) is 0 Å². The van der Waals surface area contributed by atoms with Gasteiger partial charge < -0.3 is 5.32 Å². The van der Waals surface area contributed by atoms with Crippen LogP contribution in [0.2, 0.25) is 0 Å². The van der Waals surface area contributed by atoms with Crippen molar-refractivity contribution in [1.29, 1.82) is 0 Å². The van der Waals surface area contributed by atoms with Crippen LogP contribution in [0, 0.1) is 0 Å². The molecule has 0 spiro atoms. The summed E-state index contributed by atoms with van der Waals surface area (Å²) in [6, 6.07) is 11.7. The molecule has 0 amide bonds. The molecular weight excluding hydrogens is 276 g/mol. The smallest absolute Gasteiger partial charge is 0.0334 e. The van der Waals surface area contributed by atoms with Crippen LogP contribution < -0.4 is 5.32 Å². The minimum Gasteiger partial charge on any atom is -0.319 e. The van der Waals surface area contributed by atoms with E-state index in [1.165, 1.54) is 24.1 Å². The highest BCUT2D eigenvalue weighted by Gasteiger charge is 2.24. The molecule has 1 aromatic heterocycles. The second-order valence-electron chi connectivity index (χ2n) is 5.82. The Labute approximate surface area is 131 Å². The van der Waals surface area contributed by atoms with Crippen molar-refractivity contribution in [3.63, 3.8) is 0 Å². The molecule has 2 nitrogen and oxygen atoms in total. The molecule has 3 rings (SSSR count). The third-order valence-corrected chi connectivity index (χ3v) is 5.54. The first-order valence-corrected chi connectivity index (χ1v) is 8.69. The third kappa shape index (κ3) is 3.20. The summed E-state index contributed by atoms with van der Waals surface area (Å²) < 4.78 is 0. The molecule has 0 aliphatic carbocycles. The number of fused-ring (bicyclic) bond motifs is 1. The SMILES string of the molecule is CNCCc1ccccc1CN1CCc2sccc2C1C. The first kappa shape index (κ1) is 14.8. The Morgan fingerprint density at radius 2 is 2.05 bits per heavy atom. The van der Waals surface area contributed by atoms with E-state index in [4.69, 9.17) is 0 Å². The Morgan fingerprint density at radius 1 is 1.24 bits per heavy atom. The molecule has 1 aliphatic heterocycles. The predicted molar refractivity (Wildman–Crippen MR) is 90.9 cm³/mol. The number of benzene rings is 1. The van der Waals surface area contributed by atoms with Gasteiger partial charge in [0.15, 0.2) is 0 Å². The summed E-state index contributed by atoms with van der Waals surface area (Å²) >= 11 is 1.92. The van der Waals surface area contributed by atoms with Gasteiger partial charge >= 0.3 is 0 Å². The number of likely N-dealkylation sites (N-methyl/N-ethyl adjacent to an activating group) is 1. The van der Waals surface area contributed by atoms with Crippen LogP contribution in [0.5, 0.6) is 0 Å². The molecule has 1 aromatic carbocycles. The number of thiophene rings is 1. The van der Waals surface area contributed by atoms with Gasteiger partial charge in [-0.05, 0) is 61.5 Å². The maximum atomic E-state index is 3.25. The Kier molecular flexibility index (Phi) is 4.73. The maximum Gasteiger partial charge on any atom is 0.0334 e. The van der Waals surface area contributed by atoms with Crippen molar-refractivity contribution < 1.29 is 0 Å². The summed E-state index contributed by atoms with van der Waals surface area (Å²) in [7, 11) is 2.02. The molecule has 0 saturated heterocycles. The van der Waals surface area contributed by atoms with Gasteiger partial charge in [0.1, 0.15) is 0 Å². The minimum atomic E-state index is 0.539. The number of nitrogens with zero attached hydrogens (tertiary/aromatic N) is 1. The van der Waals surface area contributed by atoms with E-state index in [0.29, 0.717) is 6.04 Å². The molecular formula is C18H24N2S. The average molecular weight is 300 g/mol. The Bertz CT molecular complexity index is 590. The minimum absolute atomic E-state index is 0.539. The van der Waals surface area contributed by atoms with Crippen LogP contribution >= 0.6 is 11.3 Å². The quantitative estimate of drug-likeness (QED) is 0.907. The van der Waals surface area contributed by atoms with Gasteiger partial charge in [0, 0.05) is 24.0 Å². The fourth-order valence-corrected chi connectivity index (χ4v) is 4.17. The second kappa shape index (κ2) is 6.73. The highest BCUT2D eigenvalue weighted by molar-refractivity contribution is 7.10. The lowest BCUT2D eigenvalue weighted by Crippen LogP contribution is -2.33. The molecule has 2 heterocycles. The summed E-state index contributed by atoms with van der Waals surface area (Å²) in [6.07, 6.45) is 2.31. The van der Waals surface area contributed by atoms with Gasteiger partial charge in [-0.2, -0.15) is 0 Å². The summed E-state index contributed by atoms with van der Waals surface area (Å²) in [4.78, 5) is 4.20. The fourth-order valence-electron chi connectivity index (χ4n) is 3.21. The largest absolute Gasteiger partial charge is 0.319 e. The van der Waals surface area contributed by atoms with E-state index in [-0.39, 0.29) is 0 Å². The van der Waals surface area contributed by atoms with Gasteiger partial charge in [0.05, 0.1) is 0 Å². The molecule has 3 heteroatoms. The molecule has 112 valence electrons. The van der Waals surface area contributed by atoms with Crippen molar-refractivity contribution in [2.24, 2.45) is 0 Å². The van der Waals surface area contributed by atoms with E-state index in [9.17, 15) is 0 Å². The Hall–Kier alpha value is -1.16. The summed E-state index contributed by atoms with van der Waals surface area (Å²) in [6.45, 7) is 5.63. The number of hydrogen-bond acceptors (Lipinski definition) is 3. The van der Waals surface area contributed by atoms with Crippen molar-refractivity contribution in [2.75, 3.05) is 20.1 Å². The lowest BCUT2D eigenvalue weighted by atomic mass is 9.98. The molecule has 0 saturated carbocycles. The molecule has 1 aliphatic rings. The molecule has 2 aromatic rings. The average Bonchev–Trinajstić information content (AvgIpc) is 2.98. The van der Waals surface area contributed by atoms with Crippen LogP contribution in [0.15, 0.2) is 35.7 Å². The van der Waals surface area contributed by atoms with E-state index >= 15 is 0 Å². The van der Waals surface area contributed by atoms with Crippen LogP contribution in [0.1, 0.15) is 34.5 Å². The van der Waals surface area contributed by atoms with E-state index in [1.54, 1.807) is 10.4 Å². The highest BCUT2D eigenvalue weighted by atomic mass is 32.1. The number of rotatable bonds is 5. The standard InChI is InChI=1S/C18H24N2S/c1-14-17-9-12-21-18(17)8-11-20(14)13-16-6-4-3-5-15(16)7-10-19-2/h3-6,9,12,14,19H,7-8,10-11,13H2,1-2H3. The van der Waals surface area contributed by atoms with Crippen molar-refractivity contribution in [3.05, 3.63) is 57.3 Å². The summed E-state index contributed by atoms with van der Waals surface area (Å²) in [5.41, 5.74) is 4.51. The van der Waals surface area contributed by atoms with Crippen LogP contribution in [0.25, 0.3) is 0 Å². The third-order valence-electron chi connectivity index (χ3n) is 4.54. The van der Waals surface area contributed by atoms with E-state index in [2.05, 4.69) is 52.9 Å². The highest BCUT2D eigenvalue weighted by Crippen LogP contribution is 2.33. The molecule has 1 atom stereocenters. The van der Waals surface area contributed by atoms with E-state index in [1.807, 2.05) is 18.4 Å². The lowest BCUT2D eigenvalue weighted by molar-refractivity contribution is 0.191. The van der Waals surface area contributed by atoms with Crippen molar-refractivity contribution in [1.82, 2.24) is 10.2 Å². The Balaban J connectivity index is 1.75. The zero-order chi connectivity index (χ0) is 14.7. The van der Waals surface area contributed by atoms with Gasteiger partial charge in [0.25, 0.3) is 0 Å². The topological polar surface area (TPSA) is 15.3 Å². The van der Waals surface area contributed by atoms with Gasteiger partial charge in [-0.15, -0.1) is 11.3 Å². The zero-order valence-corrected chi connectivity index (χ0v) is 13.7. The van der Waals surface area contributed by atoms with Crippen LogP contribution in [-0.2, 0) is 19.4 Å². The van der Waals surface area contributed by atoms with Crippen LogP contribution in [0.4, 0.5) is 0 Å². The molecule has 0 fully saturated rings. The summed E-state index contributed by atoms with van der Waals surface area (Å²) in [5.74, 6) is 0. The predicted octanol–water partition coefficient (Wildman–Crippen LogP) is 3.63. The lowest BCUT2D eigenvalue weighted by Gasteiger charge is -2.34. The Morgan fingerprint density at radius 3 is 2.86 bits per heavy atom. The van der Waals surface area contributed by atoms with Gasteiger partial charge in [-0.3, -0.25) is 4.90 Å². The molecule has 1 unspecified atom stereocenters. The van der Waals surface area contributed by atoms with Crippen molar-refractivity contribution in [3.8, 4) is 0 Å². The molecule has 21 heavy (non-hydrogen) atoms. The zero-order valence-electron chi connectivity index (χ0n) is 12.9. The first-order valence-electron chi connectivity index (χ1n) is 7.81. The van der Waals surface area contributed by atoms with Gasteiger partial charge in [-0.25, -0.2) is 0 Å². The fraction of sp³-hybridized carbons (Fsp3) is 0.444. The first-order chi connectivity index (χ1) is 10.3. The second-order valence-corrected chi connectivity index (χ2v) is 6.82. The molecule has 0 radical (unpaired) electrons.